The van der Waals surface area contributed by atoms with Crippen molar-refractivity contribution in [3.05, 3.63) is 91.3 Å². The predicted molar refractivity (Wildman–Crippen MR) is 125 cm³/mol. The van der Waals surface area contributed by atoms with Crippen molar-refractivity contribution in [2.75, 3.05) is 5.01 Å². The molecule has 0 saturated heterocycles. The summed E-state index contributed by atoms with van der Waals surface area (Å²) in [5.74, 6) is 0.213. The van der Waals surface area contributed by atoms with Gasteiger partial charge in [-0.3, -0.25) is 5.01 Å². The smallest absolute Gasteiger partial charge is 0.143 e. The topological polar surface area (TPSA) is 35.8 Å². The largest absolute Gasteiger partial charge is 0.506 e. The minimum atomic E-state index is 0.0785. The number of nitrogens with zero attached hydrogens (tertiary/aromatic N) is 2. The molecule has 0 radical (unpaired) electrons. The highest BCUT2D eigenvalue weighted by molar-refractivity contribution is 9.11. The van der Waals surface area contributed by atoms with Crippen LogP contribution >= 0.6 is 47.8 Å². The summed E-state index contributed by atoms with van der Waals surface area (Å²) in [7, 11) is 0. The summed E-state index contributed by atoms with van der Waals surface area (Å²) in [6.07, 6.45) is 1.80. The monoisotopic (exact) mass is 562 g/mol. The van der Waals surface area contributed by atoms with E-state index in [0.717, 1.165) is 39.8 Å². The van der Waals surface area contributed by atoms with E-state index < -0.39 is 0 Å². The normalized spacial score (nSPS) is 16.8. The quantitative estimate of drug-likeness (QED) is 0.359. The van der Waals surface area contributed by atoms with Crippen molar-refractivity contribution in [2.24, 2.45) is 5.10 Å². The first-order valence-electron chi connectivity index (χ1n) is 8.88. The number of anilines is 1. The second-order valence-corrected chi connectivity index (χ2v) is 9.25. The molecular formula is C22H17Br3N2O. The number of aromatic hydroxyl groups is 1. The van der Waals surface area contributed by atoms with E-state index >= 15 is 0 Å². The highest BCUT2D eigenvalue weighted by atomic mass is 79.9. The van der Waals surface area contributed by atoms with Gasteiger partial charge in [-0.2, -0.15) is 5.10 Å². The van der Waals surface area contributed by atoms with Gasteiger partial charge in [0.2, 0.25) is 0 Å². The van der Waals surface area contributed by atoms with E-state index in [1.807, 2.05) is 42.5 Å². The first kappa shape index (κ1) is 19.7. The van der Waals surface area contributed by atoms with Gasteiger partial charge < -0.3 is 5.11 Å². The summed E-state index contributed by atoms with van der Waals surface area (Å²) >= 11 is 10.4. The molecule has 0 amide bonds. The summed E-state index contributed by atoms with van der Waals surface area (Å²) in [5, 5.41) is 17.2. The molecule has 6 heteroatoms. The Balaban J connectivity index is 1.78. The Morgan fingerprint density at radius 1 is 0.893 bits per heavy atom. The number of rotatable bonds is 3. The predicted octanol–water partition coefficient (Wildman–Crippen LogP) is 7.43. The fourth-order valence-corrected chi connectivity index (χ4v) is 4.88. The van der Waals surface area contributed by atoms with E-state index in [1.165, 1.54) is 0 Å². The van der Waals surface area contributed by atoms with Crippen LogP contribution in [0.1, 0.15) is 30.0 Å². The third-order valence-electron chi connectivity index (χ3n) is 4.80. The van der Waals surface area contributed by atoms with Crippen LogP contribution in [-0.2, 0) is 0 Å². The molecule has 4 rings (SSSR count). The summed E-state index contributed by atoms with van der Waals surface area (Å²) in [5.41, 5.74) is 4.35. The number of hydrogen-bond donors (Lipinski definition) is 1. The Labute approximate surface area is 189 Å². The molecule has 0 aromatic heterocycles. The molecule has 1 atom stereocenters. The number of phenolic OH excluding ortho intramolecular Hbond substituents is 1. The lowest BCUT2D eigenvalue weighted by molar-refractivity contribution is 0.467. The molecule has 3 aromatic carbocycles. The summed E-state index contributed by atoms with van der Waals surface area (Å²) < 4.78 is 2.41. The number of hydrazone groups is 1. The molecule has 28 heavy (non-hydrogen) atoms. The molecule has 0 fully saturated rings. The second-order valence-electron chi connectivity index (χ2n) is 6.62. The number of para-hydroxylation sites is 1. The van der Waals surface area contributed by atoms with Crippen LogP contribution in [0.4, 0.5) is 5.69 Å². The van der Waals surface area contributed by atoms with E-state index in [9.17, 15) is 5.11 Å². The average molecular weight is 565 g/mol. The number of phenols is 1. The zero-order valence-corrected chi connectivity index (χ0v) is 19.6. The van der Waals surface area contributed by atoms with Gasteiger partial charge in [0.25, 0.3) is 0 Å². The van der Waals surface area contributed by atoms with Crippen molar-refractivity contribution in [3.63, 3.8) is 0 Å². The molecule has 1 unspecified atom stereocenters. The Morgan fingerprint density at radius 3 is 2.18 bits per heavy atom. The summed E-state index contributed by atoms with van der Waals surface area (Å²) in [6.45, 7) is 0. The molecule has 1 aliphatic rings. The second kappa shape index (κ2) is 8.39. The molecule has 1 aliphatic heterocycles. The fraction of sp³-hybridized carbons (Fsp3) is 0.136. The Kier molecular flexibility index (Phi) is 5.90. The molecule has 3 aromatic rings. The number of benzene rings is 3. The molecule has 142 valence electrons. The zero-order chi connectivity index (χ0) is 19.7. The lowest BCUT2D eigenvalue weighted by Crippen LogP contribution is -2.30. The molecule has 0 bridgehead atoms. The summed E-state index contributed by atoms with van der Waals surface area (Å²) in [6, 6.07) is 22.5. The number of halogens is 3. The minimum absolute atomic E-state index is 0.0785. The van der Waals surface area contributed by atoms with Crippen molar-refractivity contribution >= 4 is 59.2 Å². The average Bonchev–Trinajstić information content (AvgIpc) is 2.72. The van der Waals surface area contributed by atoms with Gasteiger partial charge in [-0.25, -0.2) is 0 Å². The van der Waals surface area contributed by atoms with E-state index in [-0.39, 0.29) is 11.8 Å². The van der Waals surface area contributed by atoms with Crippen LogP contribution in [0.5, 0.6) is 5.75 Å². The van der Waals surface area contributed by atoms with E-state index in [1.54, 1.807) is 0 Å². The minimum Gasteiger partial charge on any atom is -0.506 e. The standard InChI is InChI=1S/C22H17Br3N2O/c23-16-8-6-14(7-9-16)20-10-11-21(15-12-18(24)22(28)19(25)13-15)27(26-20)17-4-2-1-3-5-17/h1-9,12-13,21,28H,10-11H2. The Hall–Kier alpha value is -1.63. The van der Waals surface area contributed by atoms with Gasteiger partial charge in [0.1, 0.15) is 5.75 Å². The third kappa shape index (κ3) is 4.04. The van der Waals surface area contributed by atoms with E-state index in [4.69, 9.17) is 5.10 Å². The zero-order valence-electron chi connectivity index (χ0n) is 14.8. The van der Waals surface area contributed by atoms with Crippen LogP contribution in [0, 0.1) is 0 Å². The maximum atomic E-state index is 10.1. The molecular weight excluding hydrogens is 548 g/mol. The molecule has 0 aliphatic carbocycles. The highest BCUT2D eigenvalue weighted by Gasteiger charge is 2.27. The SMILES string of the molecule is Oc1c(Br)cc(C2CCC(c3ccc(Br)cc3)=NN2c2ccccc2)cc1Br. The van der Waals surface area contributed by atoms with Crippen molar-refractivity contribution in [2.45, 2.75) is 18.9 Å². The lowest BCUT2D eigenvalue weighted by atomic mass is 9.95. The van der Waals surface area contributed by atoms with Crippen molar-refractivity contribution < 1.29 is 5.11 Å². The van der Waals surface area contributed by atoms with Gasteiger partial charge in [-0.15, -0.1) is 0 Å². The molecule has 3 nitrogen and oxygen atoms in total. The summed E-state index contributed by atoms with van der Waals surface area (Å²) in [4.78, 5) is 0. The maximum absolute atomic E-state index is 10.1. The van der Waals surface area contributed by atoms with Crippen LogP contribution in [0.25, 0.3) is 0 Å². The van der Waals surface area contributed by atoms with Crippen LogP contribution in [-0.4, -0.2) is 10.8 Å². The lowest BCUT2D eigenvalue weighted by Gasteiger charge is -2.34. The van der Waals surface area contributed by atoms with Gasteiger partial charge in [-0.05, 0) is 92.2 Å². The molecule has 0 spiro atoms. The first-order chi connectivity index (χ1) is 13.5. The van der Waals surface area contributed by atoms with Gasteiger partial charge in [-0.1, -0.05) is 46.3 Å². The van der Waals surface area contributed by atoms with Gasteiger partial charge >= 0.3 is 0 Å². The van der Waals surface area contributed by atoms with Gasteiger partial charge in [0.05, 0.1) is 26.4 Å². The molecule has 1 heterocycles. The fourth-order valence-electron chi connectivity index (χ4n) is 3.39. The highest BCUT2D eigenvalue weighted by Crippen LogP contribution is 2.41. The van der Waals surface area contributed by atoms with Crippen LogP contribution in [0.3, 0.4) is 0 Å². The third-order valence-corrected chi connectivity index (χ3v) is 6.54. The maximum Gasteiger partial charge on any atom is 0.143 e. The van der Waals surface area contributed by atoms with Crippen LogP contribution < -0.4 is 5.01 Å². The first-order valence-corrected chi connectivity index (χ1v) is 11.3. The van der Waals surface area contributed by atoms with Gasteiger partial charge in [0, 0.05) is 4.47 Å². The van der Waals surface area contributed by atoms with Crippen molar-refractivity contribution in [1.82, 2.24) is 0 Å². The van der Waals surface area contributed by atoms with Gasteiger partial charge in [0.15, 0.2) is 0 Å². The molecule has 1 N–H and O–H groups in total. The Bertz CT molecular complexity index is 997. The van der Waals surface area contributed by atoms with Crippen molar-refractivity contribution in [3.8, 4) is 5.75 Å². The van der Waals surface area contributed by atoms with E-state index in [0.29, 0.717) is 8.95 Å². The number of hydrogen-bond acceptors (Lipinski definition) is 3. The Morgan fingerprint density at radius 2 is 1.54 bits per heavy atom. The van der Waals surface area contributed by atoms with E-state index in [2.05, 4.69) is 77.1 Å². The van der Waals surface area contributed by atoms with Crippen LogP contribution in [0.15, 0.2) is 85.2 Å². The van der Waals surface area contributed by atoms with Crippen LogP contribution in [0.2, 0.25) is 0 Å². The molecule has 0 saturated carbocycles. The van der Waals surface area contributed by atoms with Crippen molar-refractivity contribution in [1.29, 1.82) is 0 Å².